The molecule has 0 aliphatic carbocycles. The van der Waals surface area contributed by atoms with Crippen LogP contribution in [0.25, 0.3) is 11.0 Å². The Balaban J connectivity index is 1.43. The van der Waals surface area contributed by atoms with E-state index in [-0.39, 0.29) is 5.03 Å². The fraction of sp³-hybridized carbons (Fsp3) is 0.375. The summed E-state index contributed by atoms with van der Waals surface area (Å²) in [4.78, 5) is 6.16. The number of fused-ring (bicyclic) bond motifs is 1. The summed E-state index contributed by atoms with van der Waals surface area (Å²) in [7, 11) is -1.76. The quantitative estimate of drug-likeness (QED) is 0.691. The number of benzene rings is 1. The van der Waals surface area contributed by atoms with E-state index in [1.807, 2.05) is 24.3 Å². The van der Waals surface area contributed by atoms with E-state index in [2.05, 4.69) is 15.0 Å². The highest BCUT2D eigenvalue weighted by atomic mass is 32.2. The van der Waals surface area contributed by atoms with Gasteiger partial charge >= 0.3 is 0 Å². The Kier molecular flexibility index (Phi) is 4.06. The van der Waals surface area contributed by atoms with E-state index >= 15 is 0 Å². The molecule has 2 aromatic heterocycles. The molecule has 9 heteroatoms. The third kappa shape index (κ3) is 3.06. The molecule has 3 aromatic rings. The molecule has 0 saturated carbocycles. The average molecular weight is 361 g/mol. The van der Waals surface area contributed by atoms with Gasteiger partial charge in [-0.1, -0.05) is 17.3 Å². The second-order valence-electron chi connectivity index (χ2n) is 6.18. The predicted octanol–water partition coefficient (Wildman–Crippen LogP) is 1.07. The van der Waals surface area contributed by atoms with Crippen molar-refractivity contribution in [1.82, 2.24) is 23.9 Å². The van der Waals surface area contributed by atoms with Crippen molar-refractivity contribution in [3.8, 4) is 0 Å². The largest absolute Gasteiger partial charge is 0.356 e. The Morgan fingerprint density at radius 1 is 1.16 bits per heavy atom. The predicted molar refractivity (Wildman–Crippen MR) is 91.3 cm³/mol. The summed E-state index contributed by atoms with van der Waals surface area (Å²) in [6, 6.07) is 7.76. The SMILES string of the molecule is Cn1cnc(S(=O)(=O)N2CCN(Cc3noc4ccccc34)CC2)c1. The van der Waals surface area contributed by atoms with Crippen LogP contribution in [0.4, 0.5) is 0 Å². The Hall–Kier alpha value is -2.23. The minimum atomic E-state index is -3.52. The number of piperazine rings is 1. The minimum Gasteiger partial charge on any atom is -0.356 e. The summed E-state index contributed by atoms with van der Waals surface area (Å²) in [5.41, 5.74) is 1.66. The van der Waals surface area contributed by atoms with Crippen LogP contribution in [0.2, 0.25) is 0 Å². The van der Waals surface area contributed by atoms with Crippen molar-refractivity contribution in [3.63, 3.8) is 0 Å². The maximum absolute atomic E-state index is 12.6. The normalized spacial score (nSPS) is 17.3. The molecule has 0 atom stereocenters. The minimum absolute atomic E-state index is 0.103. The average Bonchev–Trinajstić information content (AvgIpc) is 3.23. The summed E-state index contributed by atoms with van der Waals surface area (Å²) in [6.07, 6.45) is 3.03. The van der Waals surface area contributed by atoms with Gasteiger partial charge in [0.15, 0.2) is 10.6 Å². The number of sulfonamides is 1. The molecule has 4 rings (SSSR count). The zero-order chi connectivity index (χ0) is 17.4. The van der Waals surface area contributed by atoms with Crippen molar-refractivity contribution in [1.29, 1.82) is 0 Å². The number of rotatable bonds is 4. The number of aromatic nitrogens is 3. The van der Waals surface area contributed by atoms with E-state index in [0.717, 1.165) is 16.7 Å². The molecule has 0 radical (unpaired) electrons. The maximum atomic E-state index is 12.6. The highest BCUT2D eigenvalue weighted by Crippen LogP contribution is 2.21. The molecule has 0 bridgehead atoms. The zero-order valence-electron chi connectivity index (χ0n) is 13.9. The van der Waals surface area contributed by atoms with Crippen LogP contribution in [0, 0.1) is 0 Å². The molecule has 0 N–H and O–H groups in total. The molecule has 3 heterocycles. The van der Waals surface area contributed by atoms with Gasteiger partial charge < -0.3 is 9.09 Å². The standard InChI is InChI=1S/C16H19N5O3S/c1-19-11-16(17-12-19)25(22,23)21-8-6-20(7-9-21)10-14-13-4-2-3-5-15(13)24-18-14/h2-5,11-12H,6-10H2,1H3. The maximum Gasteiger partial charge on any atom is 0.262 e. The molecule has 0 amide bonds. The summed E-state index contributed by atoms with van der Waals surface area (Å²) >= 11 is 0. The van der Waals surface area contributed by atoms with Gasteiger partial charge in [0.05, 0.1) is 6.33 Å². The van der Waals surface area contributed by atoms with Crippen molar-refractivity contribution in [2.45, 2.75) is 11.6 Å². The first-order valence-electron chi connectivity index (χ1n) is 8.08. The van der Waals surface area contributed by atoms with Crippen LogP contribution < -0.4 is 0 Å². The van der Waals surface area contributed by atoms with Gasteiger partial charge in [-0.3, -0.25) is 4.90 Å². The van der Waals surface area contributed by atoms with E-state index in [4.69, 9.17) is 4.52 Å². The monoisotopic (exact) mass is 361 g/mol. The van der Waals surface area contributed by atoms with E-state index < -0.39 is 10.0 Å². The molecular formula is C16H19N5O3S. The van der Waals surface area contributed by atoms with Gasteiger partial charge in [-0.05, 0) is 12.1 Å². The van der Waals surface area contributed by atoms with Crippen molar-refractivity contribution < 1.29 is 12.9 Å². The summed E-state index contributed by atoms with van der Waals surface area (Å²) in [6.45, 7) is 2.82. The lowest BCUT2D eigenvalue weighted by Crippen LogP contribution is -2.48. The summed E-state index contributed by atoms with van der Waals surface area (Å²) in [5.74, 6) is 0. The molecule has 0 unspecified atom stereocenters. The van der Waals surface area contributed by atoms with Gasteiger partial charge in [0, 0.05) is 51.4 Å². The molecule has 8 nitrogen and oxygen atoms in total. The first-order valence-corrected chi connectivity index (χ1v) is 9.52. The zero-order valence-corrected chi connectivity index (χ0v) is 14.7. The lowest BCUT2D eigenvalue weighted by molar-refractivity contribution is 0.178. The molecule has 1 aromatic carbocycles. The molecule has 0 spiro atoms. The summed E-state index contributed by atoms with van der Waals surface area (Å²) in [5, 5.41) is 5.25. The molecule has 1 aliphatic rings. The third-order valence-electron chi connectivity index (χ3n) is 4.44. The number of imidazole rings is 1. The fourth-order valence-corrected chi connectivity index (χ4v) is 4.43. The lowest BCUT2D eigenvalue weighted by Gasteiger charge is -2.33. The number of aryl methyl sites for hydroxylation is 1. The molecule has 1 fully saturated rings. The number of para-hydroxylation sites is 1. The number of hydrogen-bond acceptors (Lipinski definition) is 6. The first kappa shape index (κ1) is 16.2. The van der Waals surface area contributed by atoms with Crippen molar-refractivity contribution in [2.75, 3.05) is 26.2 Å². The molecular weight excluding hydrogens is 342 g/mol. The van der Waals surface area contributed by atoms with Crippen LogP contribution in [-0.2, 0) is 23.6 Å². The number of nitrogens with zero attached hydrogens (tertiary/aromatic N) is 5. The van der Waals surface area contributed by atoms with Gasteiger partial charge in [-0.15, -0.1) is 0 Å². The van der Waals surface area contributed by atoms with E-state index in [1.54, 1.807) is 11.6 Å². The second kappa shape index (κ2) is 6.25. The van der Waals surface area contributed by atoms with Gasteiger partial charge in [-0.25, -0.2) is 13.4 Å². The smallest absolute Gasteiger partial charge is 0.262 e. The van der Waals surface area contributed by atoms with Crippen LogP contribution in [0.15, 0.2) is 46.3 Å². The third-order valence-corrected chi connectivity index (χ3v) is 6.23. The second-order valence-corrected chi connectivity index (χ2v) is 8.07. The van der Waals surface area contributed by atoms with Gasteiger partial charge in [0.2, 0.25) is 0 Å². The van der Waals surface area contributed by atoms with Crippen LogP contribution >= 0.6 is 0 Å². The molecule has 25 heavy (non-hydrogen) atoms. The van der Waals surface area contributed by atoms with E-state index in [1.165, 1.54) is 16.8 Å². The summed E-state index contributed by atoms with van der Waals surface area (Å²) < 4.78 is 33.7. The van der Waals surface area contributed by atoms with Gasteiger partial charge in [0.1, 0.15) is 5.69 Å². The van der Waals surface area contributed by atoms with Crippen LogP contribution in [0.5, 0.6) is 0 Å². The molecule has 1 aliphatic heterocycles. The van der Waals surface area contributed by atoms with E-state index in [9.17, 15) is 8.42 Å². The van der Waals surface area contributed by atoms with Crippen molar-refractivity contribution in [3.05, 3.63) is 42.5 Å². The first-order chi connectivity index (χ1) is 12.0. The highest BCUT2D eigenvalue weighted by Gasteiger charge is 2.30. The van der Waals surface area contributed by atoms with Crippen LogP contribution in [-0.4, -0.2) is 58.5 Å². The Bertz CT molecular complexity index is 986. The Morgan fingerprint density at radius 3 is 2.64 bits per heavy atom. The van der Waals surface area contributed by atoms with Gasteiger partial charge in [-0.2, -0.15) is 4.31 Å². The number of hydrogen-bond donors (Lipinski definition) is 0. The Morgan fingerprint density at radius 2 is 1.92 bits per heavy atom. The Labute approximate surface area is 145 Å². The van der Waals surface area contributed by atoms with Crippen LogP contribution in [0.3, 0.4) is 0 Å². The van der Waals surface area contributed by atoms with Crippen molar-refractivity contribution in [2.24, 2.45) is 7.05 Å². The molecule has 132 valence electrons. The van der Waals surface area contributed by atoms with Crippen LogP contribution in [0.1, 0.15) is 5.69 Å². The van der Waals surface area contributed by atoms with Gasteiger partial charge in [0.25, 0.3) is 10.0 Å². The van der Waals surface area contributed by atoms with E-state index in [0.29, 0.717) is 32.7 Å². The fourth-order valence-electron chi connectivity index (χ4n) is 3.05. The lowest BCUT2D eigenvalue weighted by atomic mass is 10.2. The molecule has 1 saturated heterocycles. The van der Waals surface area contributed by atoms with Crippen molar-refractivity contribution >= 4 is 21.0 Å². The highest BCUT2D eigenvalue weighted by molar-refractivity contribution is 7.89. The topological polar surface area (TPSA) is 84.5 Å².